The maximum absolute atomic E-state index is 4.42. The molecule has 2 aromatic rings. The molecular formula is C14H23N5. The van der Waals surface area contributed by atoms with Crippen LogP contribution < -0.4 is 5.32 Å². The molecule has 0 fully saturated rings. The van der Waals surface area contributed by atoms with Crippen LogP contribution in [0.25, 0.3) is 0 Å². The minimum absolute atomic E-state index is 0.154. The van der Waals surface area contributed by atoms with Crippen molar-refractivity contribution in [1.29, 1.82) is 0 Å². The first kappa shape index (κ1) is 13.8. The maximum atomic E-state index is 4.42. The topological polar surface area (TPSA) is 47.7 Å². The smallest absolute Gasteiger partial charge is 0.0918 e. The predicted octanol–water partition coefficient (Wildman–Crippen LogP) is 2.12. The zero-order valence-electron chi connectivity index (χ0n) is 12.0. The number of hydrogen-bond acceptors (Lipinski definition) is 3. The molecule has 0 amide bonds. The number of aromatic nitrogens is 4. The molecule has 2 rings (SSSR count). The van der Waals surface area contributed by atoms with E-state index in [4.69, 9.17) is 0 Å². The van der Waals surface area contributed by atoms with Crippen LogP contribution >= 0.6 is 0 Å². The second kappa shape index (κ2) is 6.52. The molecule has 5 nitrogen and oxygen atoms in total. The third-order valence-corrected chi connectivity index (χ3v) is 3.23. The molecule has 0 spiro atoms. The van der Waals surface area contributed by atoms with E-state index < -0.39 is 0 Å². The molecule has 0 aliphatic carbocycles. The van der Waals surface area contributed by atoms with Crippen LogP contribution in [0.1, 0.15) is 44.1 Å². The van der Waals surface area contributed by atoms with E-state index in [1.165, 1.54) is 11.4 Å². The Morgan fingerprint density at radius 1 is 1.11 bits per heavy atom. The summed E-state index contributed by atoms with van der Waals surface area (Å²) in [6, 6.07) is 4.31. The summed E-state index contributed by atoms with van der Waals surface area (Å²) in [7, 11) is 1.98. The highest BCUT2D eigenvalue weighted by Gasteiger charge is 2.20. The molecule has 5 heteroatoms. The van der Waals surface area contributed by atoms with Gasteiger partial charge in [0.25, 0.3) is 0 Å². The summed E-state index contributed by atoms with van der Waals surface area (Å²) in [4.78, 5) is 0. The Bertz CT molecular complexity index is 499. The summed E-state index contributed by atoms with van der Waals surface area (Å²) in [6.07, 6.45) is 5.91. The Morgan fingerprint density at radius 3 is 2.47 bits per heavy atom. The van der Waals surface area contributed by atoms with Gasteiger partial charge in [-0.2, -0.15) is 10.2 Å². The number of hydrogen-bond donors (Lipinski definition) is 1. The Balaban J connectivity index is 2.31. The van der Waals surface area contributed by atoms with E-state index in [0.717, 1.165) is 25.9 Å². The summed E-state index contributed by atoms with van der Waals surface area (Å²) in [5.74, 6) is 0. The normalized spacial score (nSPS) is 12.8. The van der Waals surface area contributed by atoms with Crippen LogP contribution in [-0.4, -0.2) is 26.1 Å². The monoisotopic (exact) mass is 261 g/mol. The zero-order valence-corrected chi connectivity index (χ0v) is 12.0. The summed E-state index contributed by atoms with van der Waals surface area (Å²) < 4.78 is 4.01. The van der Waals surface area contributed by atoms with E-state index in [1.54, 1.807) is 0 Å². The SMILES string of the molecule is CCCNC(c1ccnn1C)c1ccnn1CCC. The lowest BCUT2D eigenvalue weighted by molar-refractivity contribution is 0.491. The van der Waals surface area contributed by atoms with Crippen LogP contribution in [0.15, 0.2) is 24.5 Å². The van der Waals surface area contributed by atoms with Crippen molar-refractivity contribution in [2.24, 2.45) is 7.05 Å². The Kier molecular flexibility index (Phi) is 4.74. The molecule has 1 atom stereocenters. The second-order valence-corrected chi connectivity index (χ2v) is 4.75. The lowest BCUT2D eigenvalue weighted by atomic mass is 10.1. The summed E-state index contributed by atoms with van der Waals surface area (Å²) >= 11 is 0. The number of nitrogens with zero attached hydrogens (tertiary/aromatic N) is 4. The minimum Gasteiger partial charge on any atom is -0.304 e. The highest BCUT2D eigenvalue weighted by molar-refractivity contribution is 5.21. The third kappa shape index (κ3) is 3.04. The molecule has 104 valence electrons. The van der Waals surface area contributed by atoms with Gasteiger partial charge in [-0.25, -0.2) is 0 Å². The van der Waals surface area contributed by atoms with E-state index in [-0.39, 0.29) is 6.04 Å². The lowest BCUT2D eigenvalue weighted by Crippen LogP contribution is -2.27. The van der Waals surface area contributed by atoms with Crippen LogP contribution in [0, 0.1) is 0 Å². The second-order valence-electron chi connectivity index (χ2n) is 4.75. The van der Waals surface area contributed by atoms with Crippen molar-refractivity contribution in [3.8, 4) is 0 Å². The number of rotatable bonds is 7. The fourth-order valence-electron chi connectivity index (χ4n) is 2.30. The molecule has 2 aromatic heterocycles. The van der Waals surface area contributed by atoms with Crippen LogP contribution in [0.3, 0.4) is 0 Å². The molecule has 0 saturated heterocycles. The molecule has 2 heterocycles. The van der Waals surface area contributed by atoms with Gasteiger partial charge >= 0.3 is 0 Å². The van der Waals surface area contributed by atoms with Gasteiger partial charge in [-0.1, -0.05) is 13.8 Å². The van der Waals surface area contributed by atoms with Gasteiger partial charge in [0, 0.05) is 26.0 Å². The molecule has 0 bridgehead atoms. The highest BCUT2D eigenvalue weighted by atomic mass is 15.3. The molecule has 1 unspecified atom stereocenters. The average Bonchev–Trinajstić information content (AvgIpc) is 3.01. The van der Waals surface area contributed by atoms with Crippen LogP contribution in [0.4, 0.5) is 0 Å². The highest BCUT2D eigenvalue weighted by Crippen LogP contribution is 2.21. The number of nitrogens with one attached hydrogen (secondary N) is 1. The van der Waals surface area contributed by atoms with Gasteiger partial charge in [0.1, 0.15) is 0 Å². The van der Waals surface area contributed by atoms with Gasteiger partial charge in [0.2, 0.25) is 0 Å². The molecule has 0 saturated carbocycles. The first-order chi connectivity index (χ1) is 9.27. The summed E-state index contributed by atoms with van der Waals surface area (Å²) in [5.41, 5.74) is 2.38. The molecule has 19 heavy (non-hydrogen) atoms. The summed E-state index contributed by atoms with van der Waals surface area (Å²) in [6.45, 7) is 6.28. The molecule has 1 N–H and O–H groups in total. The van der Waals surface area contributed by atoms with Gasteiger partial charge in [-0.3, -0.25) is 9.36 Å². The van der Waals surface area contributed by atoms with E-state index in [9.17, 15) is 0 Å². The summed E-state index contributed by atoms with van der Waals surface area (Å²) in [5, 5.41) is 12.3. The van der Waals surface area contributed by atoms with Gasteiger partial charge in [-0.15, -0.1) is 0 Å². The van der Waals surface area contributed by atoms with Crippen molar-refractivity contribution in [1.82, 2.24) is 24.9 Å². The first-order valence-corrected chi connectivity index (χ1v) is 7.00. The number of aryl methyl sites for hydroxylation is 2. The standard InChI is InChI=1S/C14H23N5/c1-4-8-15-14(12-6-9-16-18(12)3)13-7-10-17-19(13)11-5-2/h6-7,9-10,14-15H,4-5,8,11H2,1-3H3. The third-order valence-electron chi connectivity index (χ3n) is 3.23. The average molecular weight is 261 g/mol. The van der Waals surface area contributed by atoms with E-state index in [2.05, 4.69) is 46.2 Å². The Morgan fingerprint density at radius 2 is 1.84 bits per heavy atom. The van der Waals surface area contributed by atoms with Gasteiger partial charge < -0.3 is 5.32 Å². The van der Waals surface area contributed by atoms with Crippen molar-refractivity contribution in [2.75, 3.05) is 6.54 Å². The van der Waals surface area contributed by atoms with Gasteiger partial charge in [0.15, 0.2) is 0 Å². The minimum atomic E-state index is 0.154. The van der Waals surface area contributed by atoms with Gasteiger partial charge in [0.05, 0.1) is 17.4 Å². The van der Waals surface area contributed by atoms with E-state index in [0.29, 0.717) is 0 Å². The molecule has 0 aliphatic rings. The maximum Gasteiger partial charge on any atom is 0.0918 e. The first-order valence-electron chi connectivity index (χ1n) is 7.00. The quantitative estimate of drug-likeness (QED) is 0.830. The fourth-order valence-corrected chi connectivity index (χ4v) is 2.30. The van der Waals surface area contributed by atoms with Gasteiger partial charge in [-0.05, 0) is 31.5 Å². The Hall–Kier alpha value is -1.62. The van der Waals surface area contributed by atoms with Crippen LogP contribution in [0.5, 0.6) is 0 Å². The largest absolute Gasteiger partial charge is 0.304 e. The van der Waals surface area contributed by atoms with Crippen molar-refractivity contribution in [3.05, 3.63) is 35.9 Å². The lowest BCUT2D eigenvalue weighted by Gasteiger charge is -2.20. The Labute approximate surface area is 114 Å². The predicted molar refractivity (Wildman–Crippen MR) is 75.9 cm³/mol. The van der Waals surface area contributed by atoms with Crippen LogP contribution in [-0.2, 0) is 13.6 Å². The van der Waals surface area contributed by atoms with Crippen molar-refractivity contribution in [2.45, 2.75) is 39.3 Å². The van der Waals surface area contributed by atoms with Crippen molar-refractivity contribution >= 4 is 0 Å². The zero-order chi connectivity index (χ0) is 13.7. The molecule has 0 radical (unpaired) electrons. The van der Waals surface area contributed by atoms with E-state index >= 15 is 0 Å². The van der Waals surface area contributed by atoms with E-state index in [1.807, 2.05) is 24.1 Å². The molecule has 0 aliphatic heterocycles. The van der Waals surface area contributed by atoms with Crippen molar-refractivity contribution < 1.29 is 0 Å². The molecular weight excluding hydrogens is 238 g/mol. The molecule has 0 aromatic carbocycles. The van der Waals surface area contributed by atoms with Crippen molar-refractivity contribution in [3.63, 3.8) is 0 Å². The fraction of sp³-hybridized carbons (Fsp3) is 0.571. The van der Waals surface area contributed by atoms with Crippen LogP contribution in [0.2, 0.25) is 0 Å².